The van der Waals surface area contributed by atoms with Crippen LogP contribution in [0.15, 0.2) is 0 Å². The lowest BCUT2D eigenvalue weighted by Gasteiger charge is -2.57. The molecule has 0 nitrogen and oxygen atoms in total. The zero-order valence-corrected chi connectivity index (χ0v) is 13.4. The van der Waals surface area contributed by atoms with E-state index in [2.05, 4.69) is 48.5 Å². The summed E-state index contributed by atoms with van der Waals surface area (Å²) in [6, 6.07) is 0. The summed E-state index contributed by atoms with van der Waals surface area (Å²) in [5.74, 6) is 0. The molecule has 0 amide bonds. The summed E-state index contributed by atoms with van der Waals surface area (Å²) >= 11 is 0. The van der Waals surface area contributed by atoms with Gasteiger partial charge in [0.25, 0.3) is 0 Å². The summed E-state index contributed by atoms with van der Waals surface area (Å²) in [6.45, 7) is 17.3. The summed E-state index contributed by atoms with van der Waals surface area (Å²) in [5, 5.41) is 1.16. The van der Waals surface area contributed by atoms with Gasteiger partial charge >= 0.3 is 0 Å². The van der Waals surface area contributed by atoms with Gasteiger partial charge in [0, 0.05) is 0 Å². The molecule has 16 heavy (non-hydrogen) atoms. The molecule has 1 fully saturated rings. The van der Waals surface area contributed by atoms with Crippen molar-refractivity contribution in [1.82, 2.24) is 0 Å². The highest BCUT2D eigenvalue weighted by atomic mass is 31.1. The van der Waals surface area contributed by atoms with Crippen LogP contribution in [0.25, 0.3) is 0 Å². The fourth-order valence-electron chi connectivity index (χ4n) is 4.51. The van der Waals surface area contributed by atoms with Crippen LogP contribution in [0.2, 0.25) is 0 Å². The van der Waals surface area contributed by atoms with E-state index in [-0.39, 0.29) is 7.92 Å². The maximum atomic E-state index is 2.53. The molecule has 0 saturated carbocycles. The van der Waals surface area contributed by atoms with Crippen molar-refractivity contribution in [2.75, 3.05) is 6.16 Å². The van der Waals surface area contributed by atoms with Gasteiger partial charge in [-0.3, -0.25) is 0 Å². The molecule has 1 aliphatic heterocycles. The van der Waals surface area contributed by atoms with Crippen LogP contribution in [-0.4, -0.2) is 16.5 Å². The van der Waals surface area contributed by atoms with Gasteiger partial charge in [0.05, 0.1) is 0 Å². The summed E-state index contributed by atoms with van der Waals surface area (Å²) in [4.78, 5) is 0. The predicted octanol–water partition coefficient (Wildman–Crippen LogP) is 5.65. The lowest BCUT2D eigenvalue weighted by atomic mass is 9.69. The summed E-state index contributed by atoms with van der Waals surface area (Å²) in [7, 11) is 0.174. The third-order valence-electron chi connectivity index (χ3n) is 4.89. The Morgan fingerprint density at radius 2 is 1.19 bits per heavy atom. The van der Waals surface area contributed by atoms with Crippen molar-refractivity contribution in [3.63, 3.8) is 0 Å². The van der Waals surface area contributed by atoms with Crippen LogP contribution < -0.4 is 0 Å². The van der Waals surface area contributed by atoms with E-state index < -0.39 is 0 Å². The molecule has 0 aliphatic carbocycles. The smallest absolute Gasteiger partial charge is 0.0141 e. The van der Waals surface area contributed by atoms with Crippen LogP contribution in [0.3, 0.4) is 0 Å². The van der Waals surface area contributed by atoms with Gasteiger partial charge in [-0.1, -0.05) is 69.2 Å². The van der Waals surface area contributed by atoms with E-state index in [0.29, 0.717) is 15.7 Å². The van der Waals surface area contributed by atoms with Gasteiger partial charge in [0.15, 0.2) is 0 Å². The molecule has 96 valence electrons. The van der Waals surface area contributed by atoms with E-state index in [1.165, 1.54) is 31.8 Å². The van der Waals surface area contributed by atoms with Crippen LogP contribution in [0, 0.1) is 5.41 Å². The first-order chi connectivity index (χ1) is 7.23. The molecule has 0 atom stereocenters. The molecule has 0 spiro atoms. The molecule has 0 unspecified atom stereocenters. The average molecular weight is 242 g/mol. The lowest BCUT2D eigenvalue weighted by Crippen LogP contribution is -2.45. The van der Waals surface area contributed by atoms with E-state index in [4.69, 9.17) is 0 Å². The molecule has 1 aliphatic rings. The number of rotatable bonds is 3. The Labute approximate surface area is 104 Å². The Morgan fingerprint density at radius 1 is 0.812 bits per heavy atom. The number of hydrogen-bond acceptors (Lipinski definition) is 0. The SMILES string of the molecule is CCP1C(C)(C)CC(CC)(CC)CC1(C)C. The van der Waals surface area contributed by atoms with Crippen LogP contribution in [-0.2, 0) is 0 Å². The molecule has 0 N–H and O–H groups in total. The fourth-order valence-corrected chi connectivity index (χ4v) is 8.92. The van der Waals surface area contributed by atoms with Crippen molar-refractivity contribution in [3.05, 3.63) is 0 Å². The van der Waals surface area contributed by atoms with E-state index in [0.717, 1.165) is 0 Å². The van der Waals surface area contributed by atoms with Crippen molar-refractivity contribution in [1.29, 1.82) is 0 Å². The monoisotopic (exact) mass is 242 g/mol. The highest BCUT2D eigenvalue weighted by Crippen LogP contribution is 2.70. The minimum absolute atomic E-state index is 0.174. The van der Waals surface area contributed by atoms with E-state index >= 15 is 0 Å². The average Bonchev–Trinajstić information content (AvgIpc) is 2.14. The van der Waals surface area contributed by atoms with Crippen molar-refractivity contribution in [2.45, 2.75) is 84.5 Å². The molecule has 0 aromatic carbocycles. The first kappa shape index (κ1) is 14.5. The van der Waals surface area contributed by atoms with E-state index in [1.807, 2.05) is 0 Å². The fraction of sp³-hybridized carbons (Fsp3) is 1.00. The molecule has 1 heterocycles. The zero-order valence-electron chi connectivity index (χ0n) is 12.5. The second-order valence-corrected chi connectivity index (χ2v) is 10.8. The molecular weight excluding hydrogens is 211 g/mol. The predicted molar refractivity (Wildman–Crippen MR) is 77.9 cm³/mol. The quantitative estimate of drug-likeness (QED) is 0.561. The molecule has 1 heteroatoms. The molecule has 1 rings (SSSR count). The summed E-state index contributed by atoms with van der Waals surface area (Å²) < 4.78 is 0. The van der Waals surface area contributed by atoms with Crippen LogP contribution >= 0.6 is 7.92 Å². The Morgan fingerprint density at radius 3 is 1.44 bits per heavy atom. The molecule has 0 aromatic rings. The lowest BCUT2D eigenvalue weighted by molar-refractivity contribution is 0.162. The molecule has 0 aromatic heterocycles. The Kier molecular flexibility index (Phi) is 4.17. The van der Waals surface area contributed by atoms with Crippen molar-refractivity contribution >= 4 is 7.92 Å². The van der Waals surface area contributed by atoms with Crippen LogP contribution in [0.4, 0.5) is 0 Å². The van der Waals surface area contributed by atoms with E-state index in [9.17, 15) is 0 Å². The van der Waals surface area contributed by atoms with Gasteiger partial charge in [-0.2, -0.15) is 0 Å². The van der Waals surface area contributed by atoms with E-state index in [1.54, 1.807) is 0 Å². The normalized spacial score (nSPS) is 27.9. The van der Waals surface area contributed by atoms with Crippen LogP contribution in [0.5, 0.6) is 0 Å². The minimum atomic E-state index is 0.174. The van der Waals surface area contributed by atoms with Crippen molar-refractivity contribution in [3.8, 4) is 0 Å². The Bertz CT molecular complexity index is 216. The molecule has 1 saturated heterocycles. The zero-order chi connectivity index (χ0) is 12.6. The van der Waals surface area contributed by atoms with Crippen molar-refractivity contribution < 1.29 is 0 Å². The topological polar surface area (TPSA) is 0 Å². The second kappa shape index (κ2) is 4.60. The Balaban J connectivity index is 3.06. The Hall–Kier alpha value is 0.430. The van der Waals surface area contributed by atoms with Gasteiger partial charge < -0.3 is 0 Å². The third-order valence-corrected chi connectivity index (χ3v) is 8.76. The maximum absolute atomic E-state index is 2.53. The maximum Gasteiger partial charge on any atom is -0.0141 e. The highest BCUT2D eigenvalue weighted by Gasteiger charge is 2.50. The van der Waals surface area contributed by atoms with Gasteiger partial charge in [-0.15, -0.1) is 0 Å². The highest BCUT2D eigenvalue weighted by molar-refractivity contribution is 7.60. The first-order valence-corrected chi connectivity index (χ1v) is 8.53. The van der Waals surface area contributed by atoms with Gasteiger partial charge in [0.2, 0.25) is 0 Å². The summed E-state index contributed by atoms with van der Waals surface area (Å²) in [5.41, 5.74) is 0.626. The standard InChI is InChI=1S/C15H31P/c1-8-15(9-2)11-13(4,5)16(10-3)14(6,7)12-15/h8-12H2,1-7H3. The van der Waals surface area contributed by atoms with Gasteiger partial charge in [-0.05, 0) is 34.7 Å². The minimum Gasteiger partial charge on any atom is -0.0953 e. The molecule has 0 bridgehead atoms. The largest absolute Gasteiger partial charge is 0.0953 e. The summed E-state index contributed by atoms with van der Waals surface area (Å²) in [6.07, 6.45) is 7.04. The van der Waals surface area contributed by atoms with Crippen molar-refractivity contribution in [2.24, 2.45) is 5.41 Å². The second-order valence-electron chi connectivity index (χ2n) is 6.93. The third kappa shape index (κ3) is 2.47. The molecular formula is C15H31P. The van der Waals surface area contributed by atoms with Gasteiger partial charge in [-0.25, -0.2) is 0 Å². The van der Waals surface area contributed by atoms with Crippen LogP contribution in [0.1, 0.15) is 74.1 Å². The molecule has 0 radical (unpaired) electrons. The first-order valence-electron chi connectivity index (χ1n) is 7.01. The van der Waals surface area contributed by atoms with Gasteiger partial charge in [0.1, 0.15) is 0 Å². The number of hydrogen-bond donors (Lipinski definition) is 0.